The van der Waals surface area contributed by atoms with Crippen LogP contribution in [0.4, 0.5) is 0 Å². The average molecular weight is 322 g/mol. The third kappa shape index (κ3) is 4.49. The Morgan fingerprint density at radius 3 is 2.52 bits per heavy atom. The van der Waals surface area contributed by atoms with Crippen molar-refractivity contribution in [1.82, 2.24) is 10.2 Å². The average Bonchev–Trinajstić information content (AvgIpc) is 3.03. The molecule has 0 radical (unpaired) electrons. The van der Waals surface area contributed by atoms with Crippen LogP contribution in [-0.4, -0.2) is 41.8 Å². The number of carbonyl (C=O) groups excluding carboxylic acids is 2. The topological polar surface area (TPSA) is 58.6 Å². The maximum atomic E-state index is 13.1. The second-order valence-electron chi connectivity index (χ2n) is 6.68. The Balaban J connectivity index is 2.12. The lowest BCUT2D eigenvalue weighted by Gasteiger charge is -2.35. The van der Waals surface area contributed by atoms with Gasteiger partial charge in [-0.3, -0.25) is 9.59 Å². The number of rotatable bonds is 7. The Kier molecular flexibility index (Phi) is 6.48. The second-order valence-corrected chi connectivity index (χ2v) is 6.68. The van der Waals surface area contributed by atoms with Gasteiger partial charge in [-0.25, -0.2) is 0 Å². The minimum Gasteiger partial charge on any atom is -0.480 e. The van der Waals surface area contributed by atoms with Crippen molar-refractivity contribution in [2.45, 2.75) is 70.9 Å². The van der Waals surface area contributed by atoms with Crippen LogP contribution in [0.25, 0.3) is 0 Å². The molecule has 0 spiro atoms. The first-order valence-corrected chi connectivity index (χ1v) is 8.93. The fraction of sp³-hybridized carbons (Fsp3) is 0.778. The molecule has 1 aliphatic heterocycles. The van der Waals surface area contributed by atoms with E-state index in [1.165, 1.54) is 6.42 Å². The van der Waals surface area contributed by atoms with E-state index >= 15 is 0 Å². The molecule has 0 aromatic rings. The minimum absolute atomic E-state index is 0.0375. The number of ketones is 1. The molecule has 2 unspecified atom stereocenters. The quantitative estimate of drug-likeness (QED) is 0.732. The van der Waals surface area contributed by atoms with Gasteiger partial charge in [0.1, 0.15) is 6.04 Å². The molecule has 1 amide bonds. The van der Waals surface area contributed by atoms with Crippen molar-refractivity contribution >= 4 is 11.7 Å². The first-order chi connectivity index (χ1) is 11.0. The van der Waals surface area contributed by atoms with Crippen LogP contribution in [0.2, 0.25) is 0 Å². The number of amides is 1. The number of hydrogen-bond acceptors (Lipinski definition) is 4. The van der Waals surface area contributed by atoms with Gasteiger partial charge in [-0.05, 0) is 52.0 Å². The summed E-state index contributed by atoms with van der Waals surface area (Å²) >= 11 is 0. The van der Waals surface area contributed by atoms with Crippen LogP contribution in [0.15, 0.2) is 12.5 Å². The summed E-state index contributed by atoms with van der Waals surface area (Å²) in [5, 5.41) is 3.20. The monoisotopic (exact) mass is 322 g/mol. The van der Waals surface area contributed by atoms with Crippen molar-refractivity contribution in [3.05, 3.63) is 12.5 Å². The van der Waals surface area contributed by atoms with Crippen molar-refractivity contribution in [2.75, 3.05) is 13.2 Å². The van der Waals surface area contributed by atoms with Crippen LogP contribution in [0.1, 0.15) is 58.8 Å². The number of hydrogen-bond donors (Lipinski definition) is 1. The second kappa shape index (κ2) is 8.37. The van der Waals surface area contributed by atoms with Gasteiger partial charge in [-0.2, -0.15) is 0 Å². The number of nitrogens with one attached hydrogen (secondary N) is 1. The highest BCUT2D eigenvalue weighted by atomic mass is 16.5. The molecule has 0 bridgehead atoms. The molecule has 1 N–H and O–H groups in total. The van der Waals surface area contributed by atoms with Crippen LogP contribution in [0.5, 0.6) is 0 Å². The molecule has 1 heterocycles. The molecule has 2 fully saturated rings. The summed E-state index contributed by atoms with van der Waals surface area (Å²) in [7, 11) is 0. The van der Waals surface area contributed by atoms with Gasteiger partial charge in [0, 0.05) is 6.54 Å². The van der Waals surface area contributed by atoms with Gasteiger partial charge in [0.05, 0.1) is 12.6 Å². The largest absolute Gasteiger partial charge is 0.480 e. The van der Waals surface area contributed by atoms with Crippen molar-refractivity contribution in [3.8, 4) is 0 Å². The van der Waals surface area contributed by atoms with Crippen LogP contribution in [0.3, 0.4) is 0 Å². The number of Topliss-reactive ketones (excluding diaryl/α,β-unsaturated/α-hetero) is 1. The smallest absolute Gasteiger partial charge is 0.246 e. The molecule has 0 aromatic heterocycles. The van der Waals surface area contributed by atoms with E-state index in [1.54, 1.807) is 11.8 Å². The zero-order valence-corrected chi connectivity index (χ0v) is 14.5. The summed E-state index contributed by atoms with van der Waals surface area (Å²) in [4.78, 5) is 26.7. The van der Waals surface area contributed by atoms with E-state index < -0.39 is 0 Å². The van der Waals surface area contributed by atoms with Gasteiger partial charge in [0.25, 0.3) is 0 Å². The highest BCUT2D eigenvalue weighted by Gasteiger charge is 2.39. The molecule has 2 atom stereocenters. The molecule has 2 aliphatic rings. The Morgan fingerprint density at radius 1 is 1.22 bits per heavy atom. The molecule has 5 heteroatoms. The Labute approximate surface area is 139 Å². The van der Waals surface area contributed by atoms with E-state index in [-0.39, 0.29) is 23.8 Å². The zero-order valence-electron chi connectivity index (χ0n) is 14.5. The lowest BCUT2D eigenvalue weighted by molar-refractivity contribution is -0.140. The maximum absolute atomic E-state index is 13.1. The normalized spacial score (nSPS) is 23.4. The molecular weight excluding hydrogens is 292 g/mol. The number of likely N-dealkylation sites (tertiary alicyclic amines) is 1. The van der Waals surface area contributed by atoms with Crippen LogP contribution in [-0.2, 0) is 14.3 Å². The number of ether oxygens (including phenoxy) is 1. The van der Waals surface area contributed by atoms with Crippen molar-refractivity contribution in [2.24, 2.45) is 5.92 Å². The lowest BCUT2D eigenvalue weighted by atomic mass is 9.83. The van der Waals surface area contributed by atoms with Crippen molar-refractivity contribution in [3.63, 3.8) is 0 Å². The van der Waals surface area contributed by atoms with Gasteiger partial charge in [0.15, 0.2) is 11.7 Å². The fourth-order valence-electron chi connectivity index (χ4n) is 3.87. The molecule has 5 nitrogen and oxygen atoms in total. The molecule has 1 aliphatic carbocycles. The molecule has 23 heavy (non-hydrogen) atoms. The summed E-state index contributed by atoms with van der Waals surface area (Å²) in [5.41, 5.74) is 0. The highest BCUT2D eigenvalue weighted by Crippen LogP contribution is 2.29. The van der Waals surface area contributed by atoms with Gasteiger partial charge in [0.2, 0.25) is 5.91 Å². The zero-order chi connectivity index (χ0) is 16.8. The fourth-order valence-corrected chi connectivity index (χ4v) is 3.87. The Bertz CT molecular complexity index is 444. The van der Waals surface area contributed by atoms with E-state index in [0.29, 0.717) is 25.0 Å². The van der Waals surface area contributed by atoms with Gasteiger partial charge in [-0.15, -0.1) is 0 Å². The first-order valence-electron chi connectivity index (χ1n) is 8.93. The third-order valence-electron chi connectivity index (χ3n) is 5.03. The van der Waals surface area contributed by atoms with Crippen LogP contribution < -0.4 is 5.32 Å². The number of carbonyl (C=O) groups is 2. The minimum atomic E-state index is -0.325. The molecule has 1 saturated carbocycles. The number of nitrogens with zero attached hydrogens (tertiary/aromatic N) is 1. The standard InChI is InChI=1S/C18H30N2O3/c1-4-23-14(3)19-17(15-9-6-5-7-10-15)18(22)20-12-8-11-16(20)13(2)21/h15-17,19H,3-12H2,1-2H3. The third-order valence-corrected chi connectivity index (χ3v) is 5.03. The summed E-state index contributed by atoms with van der Waals surface area (Å²) in [5.74, 6) is 0.869. The predicted octanol–water partition coefficient (Wildman–Crippen LogP) is 2.61. The SMILES string of the molecule is C=C(NC(C(=O)N1CCCC1C(C)=O)C1CCCCC1)OCC. The highest BCUT2D eigenvalue weighted by molar-refractivity contribution is 5.90. The lowest BCUT2D eigenvalue weighted by Crippen LogP contribution is -2.53. The summed E-state index contributed by atoms with van der Waals surface area (Å²) < 4.78 is 5.41. The maximum Gasteiger partial charge on any atom is 0.246 e. The molecule has 2 rings (SSSR count). The van der Waals surface area contributed by atoms with Crippen LogP contribution >= 0.6 is 0 Å². The Morgan fingerprint density at radius 2 is 1.91 bits per heavy atom. The van der Waals surface area contributed by atoms with E-state index in [0.717, 1.165) is 38.5 Å². The van der Waals surface area contributed by atoms with E-state index in [9.17, 15) is 9.59 Å². The molecule has 1 saturated heterocycles. The van der Waals surface area contributed by atoms with E-state index in [2.05, 4.69) is 11.9 Å². The van der Waals surface area contributed by atoms with Crippen molar-refractivity contribution < 1.29 is 14.3 Å². The molecular formula is C18H30N2O3. The summed E-state index contributed by atoms with van der Waals surface area (Å²) in [6.45, 7) is 8.55. The van der Waals surface area contributed by atoms with E-state index in [4.69, 9.17) is 4.74 Å². The van der Waals surface area contributed by atoms with Gasteiger partial charge < -0.3 is 15.0 Å². The Hall–Kier alpha value is -1.52. The summed E-state index contributed by atoms with van der Waals surface area (Å²) in [6.07, 6.45) is 7.33. The van der Waals surface area contributed by atoms with Crippen molar-refractivity contribution in [1.29, 1.82) is 0 Å². The van der Waals surface area contributed by atoms with Crippen LogP contribution in [0, 0.1) is 5.92 Å². The van der Waals surface area contributed by atoms with Gasteiger partial charge in [-0.1, -0.05) is 19.3 Å². The van der Waals surface area contributed by atoms with Gasteiger partial charge >= 0.3 is 0 Å². The summed E-state index contributed by atoms with van der Waals surface area (Å²) in [6, 6.07) is -0.579. The first kappa shape index (κ1) is 17.8. The molecule has 130 valence electrons. The predicted molar refractivity (Wildman–Crippen MR) is 89.7 cm³/mol. The van der Waals surface area contributed by atoms with E-state index in [1.807, 2.05) is 6.92 Å². The molecule has 0 aromatic carbocycles.